The van der Waals surface area contributed by atoms with E-state index < -0.39 is 0 Å². The number of carbonyl (C=O) groups excluding carboxylic acids is 1. The van der Waals surface area contributed by atoms with E-state index in [1.165, 1.54) is 0 Å². The molecule has 10 heavy (non-hydrogen) atoms. The molecule has 0 aromatic carbocycles. The van der Waals surface area contributed by atoms with Crippen molar-refractivity contribution in [3.63, 3.8) is 0 Å². The van der Waals surface area contributed by atoms with Crippen molar-refractivity contribution in [1.29, 1.82) is 0 Å². The maximum absolute atomic E-state index is 11.1. The fraction of sp³-hybridized carbons (Fsp3) is 0.625. The monoisotopic (exact) mass is 137 g/mol. The largest absolute Gasteiger partial charge is 0.349 e. The fourth-order valence-corrected chi connectivity index (χ4v) is 1.81. The molecule has 2 rings (SSSR count). The van der Waals surface area contributed by atoms with Crippen LogP contribution >= 0.6 is 0 Å². The average molecular weight is 137 g/mol. The Morgan fingerprint density at radius 3 is 2.40 bits per heavy atom. The molecule has 1 aliphatic carbocycles. The Labute approximate surface area is 60.3 Å². The molecule has 2 bridgehead atoms. The number of hydrogen-bond donors (Lipinski definition) is 1. The van der Waals surface area contributed by atoms with Gasteiger partial charge in [-0.2, -0.15) is 0 Å². The molecule has 2 nitrogen and oxygen atoms in total. The van der Waals surface area contributed by atoms with Gasteiger partial charge in [0.15, 0.2) is 0 Å². The third-order valence-electron chi connectivity index (χ3n) is 2.68. The minimum atomic E-state index is 0.122. The predicted molar refractivity (Wildman–Crippen MR) is 38.3 cm³/mol. The second-order valence-electron chi connectivity index (χ2n) is 3.67. The molecule has 1 heterocycles. The summed E-state index contributed by atoms with van der Waals surface area (Å²) in [7, 11) is 0. The molecular weight excluding hydrogens is 126 g/mol. The topological polar surface area (TPSA) is 29.1 Å². The Kier molecular flexibility index (Phi) is 0.858. The molecule has 2 atom stereocenters. The van der Waals surface area contributed by atoms with E-state index in [2.05, 4.69) is 25.2 Å². The second-order valence-corrected chi connectivity index (χ2v) is 3.67. The Morgan fingerprint density at radius 2 is 2.20 bits per heavy atom. The van der Waals surface area contributed by atoms with E-state index in [1.807, 2.05) is 6.08 Å². The lowest BCUT2D eigenvalue weighted by Gasteiger charge is -2.20. The Hall–Kier alpha value is -0.790. The summed E-state index contributed by atoms with van der Waals surface area (Å²) in [5.41, 5.74) is 0.122. The number of amides is 1. The quantitative estimate of drug-likeness (QED) is 0.489. The number of hydrogen-bond acceptors (Lipinski definition) is 1. The van der Waals surface area contributed by atoms with Crippen molar-refractivity contribution in [2.24, 2.45) is 11.3 Å². The summed E-state index contributed by atoms with van der Waals surface area (Å²) in [6.45, 7) is 4.25. The molecule has 2 heteroatoms. The molecule has 1 saturated heterocycles. The number of nitrogens with one attached hydrogen (secondary N) is 1. The average Bonchev–Trinajstić information content (AvgIpc) is 2.20. The van der Waals surface area contributed by atoms with Gasteiger partial charge in [-0.3, -0.25) is 4.79 Å². The van der Waals surface area contributed by atoms with Crippen molar-refractivity contribution < 1.29 is 4.79 Å². The maximum Gasteiger partial charge on any atom is 0.228 e. The molecule has 0 spiro atoms. The lowest BCUT2D eigenvalue weighted by atomic mass is 9.82. The van der Waals surface area contributed by atoms with Crippen molar-refractivity contribution in [1.82, 2.24) is 5.32 Å². The molecule has 0 radical (unpaired) electrons. The summed E-state index contributed by atoms with van der Waals surface area (Å²) < 4.78 is 0. The van der Waals surface area contributed by atoms with Crippen molar-refractivity contribution in [3.05, 3.63) is 12.2 Å². The molecule has 1 amide bonds. The van der Waals surface area contributed by atoms with Gasteiger partial charge < -0.3 is 5.32 Å². The first-order valence-electron chi connectivity index (χ1n) is 3.61. The lowest BCUT2D eigenvalue weighted by Crippen LogP contribution is -2.30. The van der Waals surface area contributed by atoms with Crippen molar-refractivity contribution in [2.75, 3.05) is 0 Å². The summed E-state index contributed by atoms with van der Waals surface area (Å²) >= 11 is 0. The van der Waals surface area contributed by atoms with Gasteiger partial charge in [0.2, 0.25) is 5.91 Å². The maximum atomic E-state index is 11.1. The summed E-state index contributed by atoms with van der Waals surface area (Å²) in [5.74, 6) is 0.315. The van der Waals surface area contributed by atoms with E-state index in [-0.39, 0.29) is 23.3 Å². The Morgan fingerprint density at radius 1 is 1.50 bits per heavy atom. The minimum Gasteiger partial charge on any atom is -0.349 e. The van der Waals surface area contributed by atoms with Crippen LogP contribution in [0.3, 0.4) is 0 Å². The SMILES string of the molecule is CC1(C)C2C=CC1C(=O)N2. The van der Waals surface area contributed by atoms with Crippen LogP contribution in [0.25, 0.3) is 0 Å². The number of rotatable bonds is 0. The van der Waals surface area contributed by atoms with Gasteiger partial charge in [0.05, 0.1) is 12.0 Å². The number of carbonyl (C=O) groups is 1. The smallest absolute Gasteiger partial charge is 0.228 e. The first-order chi connectivity index (χ1) is 4.62. The van der Waals surface area contributed by atoms with Crippen molar-refractivity contribution >= 4 is 5.91 Å². The summed E-state index contributed by atoms with van der Waals surface area (Å²) in [5, 5.41) is 2.92. The van der Waals surface area contributed by atoms with Crippen LogP contribution < -0.4 is 5.32 Å². The predicted octanol–water partition coefficient (Wildman–Crippen LogP) is 0.697. The van der Waals surface area contributed by atoms with Crippen LogP contribution in [0.2, 0.25) is 0 Å². The molecule has 2 unspecified atom stereocenters. The third-order valence-corrected chi connectivity index (χ3v) is 2.68. The zero-order valence-electron chi connectivity index (χ0n) is 6.22. The molecule has 54 valence electrons. The van der Waals surface area contributed by atoms with Crippen LogP contribution in [0, 0.1) is 11.3 Å². The van der Waals surface area contributed by atoms with Gasteiger partial charge in [-0.15, -0.1) is 0 Å². The number of fused-ring (bicyclic) bond motifs is 2. The van der Waals surface area contributed by atoms with Gasteiger partial charge >= 0.3 is 0 Å². The standard InChI is InChI=1S/C8H11NO/c1-8(2)5-3-4-6(8)9-7(5)10/h3-6H,1-2H3,(H,9,10). The first kappa shape index (κ1) is 5.96. The van der Waals surface area contributed by atoms with Crippen LogP contribution in [-0.4, -0.2) is 11.9 Å². The van der Waals surface area contributed by atoms with Gasteiger partial charge in [0, 0.05) is 5.41 Å². The molecular formula is C8H11NO. The van der Waals surface area contributed by atoms with E-state index in [1.54, 1.807) is 0 Å². The van der Waals surface area contributed by atoms with Crippen molar-refractivity contribution in [2.45, 2.75) is 19.9 Å². The summed E-state index contributed by atoms with van der Waals surface area (Å²) in [6, 6.07) is 0.282. The van der Waals surface area contributed by atoms with Crippen LogP contribution in [0.15, 0.2) is 12.2 Å². The van der Waals surface area contributed by atoms with Gasteiger partial charge in [-0.05, 0) is 0 Å². The third kappa shape index (κ3) is 0.474. The van der Waals surface area contributed by atoms with E-state index in [0.29, 0.717) is 0 Å². The van der Waals surface area contributed by atoms with Gasteiger partial charge in [-0.25, -0.2) is 0 Å². The molecule has 1 N–H and O–H groups in total. The molecule has 0 saturated carbocycles. The van der Waals surface area contributed by atoms with E-state index in [9.17, 15) is 4.79 Å². The highest BCUT2D eigenvalue weighted by atomic mass is 16.2. The molecule has 2 aliphatic rings. The zero-order valence-corrected chi connectivity index (χ0v) is 6.22. The minimum absolute atomic E-state index is 0.122. The Bertz CT molecular complexity index is 217. The van der Waals surface area contributed by atoms with E-state index in [4.69, 9.17) is 0 Å². The Balaban J connectivity index is 2.43. The van der Waals surface area contributed by atoms with Gasteiger partial charge in [0.25, 0.3) is 0 Å². The van der Waals surface area contributed by atoms with E-state index in [0.717, 1.165) is 0 Å². The molecule has 1 aliphatic heterocycles. The van der Waals surface area contributed by atoms with Crippen molar-refractivity contribution in [3.8, 4) is 0 Å². The van der Waals surface area contributed by atoms with Gasteiger partial charge in [-0.1, -0.05) is 26.0 Å². The normalized spacial score (nSPS) is 40.4. The lowest BCUT2D eigenvalue weighted by molar-refractivity contribution is -0.122. The first-order valence-corrected chi connectivity index (χ1v) is 3.61. The highest BCUT2D eigenvalue weighted by Gasteiger charge is 2.49. The highest BCUT2D eigenvalue weighted by Crippen LogP contribution is 2.42. The van der Waals surface area contributed by atoms with Gasteiger partial charge in [0.1, 0.15) is 0 Å². The zero-order chi connectivity index (χ0) is 7.35. The summed E-state index contributed by atoms with van der Waals surface area (Å²) in [6.07, 6.45) is 4.11. The molecule has 0 aromatic rings. The second kappa shape index (κ2) is 1.44. The fourth-order valence-electron chi connectivity index (χ4n) is 1.81. The van der Waals surface area contributed by atoms with E-state index >= 15 is 0 Å². The van der Waals surface area contributed by atoms with Crippen LogP contribution in [0.4, 0.5) is 0 Å². The summed E-state index contributed by atoms with van der Waals surface area (Å²) in [4.78, 5) is 11.1. The van der Waals surface area contributed by atoms with Crippen LogP contribution in [0.5, 0.6) is 0 Å². The van der Waals surface area contributed by atoms with Crippen LogP contribution in [0.1, 0.15) is 13.8 Å². The molecule has 1 fully saturated rings. The van der Waals surface area contributed by atoms with Crippen LogP contribution in [-0.2, 0) is 4.79 Å². The molecule has 0 aromatic heterocycles. The highest BCUT2D eigenvalue weighted by molar-refractivity contribution is 5.86.